The van der Waals surface area contributed by atoms with Crippen molar-refractivity contribution in [3.05, 3.63) is 17.1 Å². The van der Waals surface area contributed by atoms with Gasteiger partial charge in [0.25, 0.3) is 0 Å². The van der Waals surface area contributed by atoms with Gasteiger partial charge in [-0.05, 0) is 45.4 Å². The number of aryl methyl sites for hydroxylation is 2. The van der Waals surface area contributed by atoms with E-state index in [0.717, 1.165) is 50.4 Å². The van der Waals surface area contributed by atoms with E-state index in [1.54, 1.807) is 0 Å². The Labute approximate surface area is 125 Å². The summed E-state index contributed by atoms with van der Waals surface area (Å²) in [4.78, 5) is 23.4. The van der Waals surface area contributed by atoms with Gasteiger partial charge in [-0.25, -0.2) is 9.97 Å². The summed E-state index contributed by atoms with van der Waals surface area (Å²) in [5.41, 5.74) is 2.52. The van der Waals surface area contributed by atoms with Crippen molar-refractivity contribution < 1.29 is 9.53 Å². The molecule has 0 N–H and O–H groups in total. The Morgan fingerprint density at radius 3 is 2.86 bits per heavy atom. The van der Waals surface area contributed by atoms with E-state index >= 15 is 0 Å². The summed E-state index contributed by atoms with van der Waals surface area (Å²) >= 11 is 0. The normalized spacial score (nSPS) is 21.8. The first-order valence-electron chi connectivity index (χ1n) is 7.88. The summed E-state index contributed by atoms with van der Waals surface area (Å²) in [5, 5.41) is 0. The summed E-state index contributed by atoms with van der Waals surface area (Å²) in [6.45, 7) is 3.64. The van der Waals surface area contributed by atoms with Crippen molar-refractivity contribution in [3.63, 3.8) is 0 Å². The molecule has 0 radical (unpaired) electrons. The van der Waals surface area contributed by atoms with E-state index in [1.807, 2.05) is 6.92 Å². The van der Waals surface area contributed by atoms with Crippen molar-refractivity contribution in [2.24, 2.45) is 5.92 Å². The van der Waals surface area contributed by atoms with Gasteiger partial charge in [0.2, 0.25) is 0 Å². The van der Waals surface area contributed by atoms with E-state index in [1.165, 1.54) is 31.2 Å². The maximum Gasteiger partial charge on any atom is 0.310 e. The van der Waals surface area contributed by atoms with Crippen LogP contribution in [-0.2, 0) is 22.4 Å². The second-order valence-electron chi connectivity index (χ2n) is 6.04. The number of carbonyl (C=O) groups excluding carboxylic acids is 1. The van der Waals surface area contributed by atoms with Crippen LogP contribution in [0.1, 0.15) is 42.8 Å². The molecule has 0 bridgehead atoms. The number of hydrogen-bond acceptors (Lipinski definition) is 5. The Kier molecular flexibility index (Phi) is 4.08. The molecule has 0 aromatic carbocycles. The fourth-order valence-corrected chi connectivity index (χ4v) is 3.48. The number of ether oxygens (including phenoxy) is 1. The fraction of sp³-hybridized carbons (Fsp3) is 0.688. The van der Waals surface area contributed by atoms with Gasteiger partial charge < -0.3 is 9.64 Å². The number of aromatic nitrogens is 2. The number of methoxy groups -OCH3 is 1. The molecule has 1 fully saturated rings. The van der Waals surface area contributed by atoms with Crippen molar-refractivity contribution in [3.8, 4) is 0 Å². The first-order valence-corrected chi connectivity index (χ1v) is 7.88. The number of fused-ring (bicyclic) bond motifs is 1. The minimum Gasteiger partial charge on any atom is -0.469 e. The Morgan fingerprint density at radius 2 is 2.05 bits per heavy atom. The largest absolute Gasteiger partial charge is 0.469 e. The smallest absolute Gasteiger partial charge is 0.310 e. The van der Waals surface area contributed by atoms with Crippen molar-refractivity contribution >= 4 is 11.8 Å². The monoisotopic (exact) mass is 289 g/mol. The molecule has 5 heteroatoms. The highest BCUT2D eigenvalue weighted by Crippen LogP contribution is 2.31. The van der Waals surface area contributed by atoms with Crippen molar-refractivity contribution in [2.45, 2.75) is 45.4 Å². The predicted molar refractivity (Wildman–Crippen MR) is 80.4 cm³/mol. The number of carbonyl (C=O) groups is 1. The van der Waals surface area contributed by atoms with Gasteiger partial charge in [0.05, 0.1) is 13.0 Å². The molecule has 1 atom stereocenters. The first kappa shape index (κ1) is 14.3. The zero-order valence-electron chi connectivity index (χ0n) is 12.9. The average molecular weight is 289 g/mol. The van der Waals surface area contributed by atoms with Crippen LogP contribution in [0.4, 0.5) is 5.82 Å². The molecular weight excluding hydrogens is 266 g/mol. The zero-order chi connectivity index (χ0) is 14.8. The van der Waals surface area contributed by atoms with Crippen LogP contribution in [-0.4, -0.2) is 36.1 Å². The van der Waals surface area contributed by atoms with Crippen LogP contribution >= 0.6 is 0 Å². The Balaban J connectivity index is 1.89. The van der Waals surface area contributed by atoms with E-state index in [0.29, 0.717) is 0 Å². The second-order valence-corrected chi connectivity index (χ2v) is 6.04. The van der Waals surface area contributed by atoms with Gasteiger partial charge in [0, 0.05) is 24.3 Å². The Bertz CT molecular complexity index is 545. The minimum absolute atomic E-state index is 0.0294. The number of piperidine rings is 1. The number of nitrogens with zero attached hydrogens (tertiary/aromatic N) is 3. The third kappa shape index (κ3) is 2.87. The quantitative estimate of drug-likeness (QED) is 0.780. The number of esters is 1. The Hall–Kier alpha value is -1.65. The van der Waals surface area contributed by atoms with Crippen LogP contribution in [0.2, 0.25) is 0 Å². The lowest BCUT2D eigenvalue weighted by Crippen LogP contribution is -2.40. The SMILES string of the molecule is COC(=O)[C@H]1CCCN(c2nc(C)nc3c2CCCC3)C1. The van der Waals surface area contributed by atoms with E-state index < -0.39 is 0 Å². The fourth-order valence-electron chi connectivity index (χ4n) is 3.48. The summed E-state index contributed by atoms with van der Waals surface area (Å²) in [5.74, 6) is 1.77. The molecule has 0 amide bonds. The summed E-state index contributed by atoms with van der Waals surface area (Å²) in [7, 11) is 1.47. The summed E-state index contributed by atoms with van der Waals surface area (Å²) in [6, 6.07) is 0. The molecule has 1 aliphatic carbocycles. The van der Waals surface area contributed by atoms with Crippen molar-refractivity contribution in [1.82, 2.24) is 9.97 Å². The number of anilines is 1. The predicted octanol–water partition coefficient (Wildman–Crippen LogP) is 2.05. The molecule has 2 heterocycles. The van der Waals surface area contributed by atoms with Gasteiger partial charge in [-0.2, -0.15) is 0 Å². The third-order valence-electron chi connectivity index (χ3n) is 4.53. The highest BCUT2D eigenvalue weighted by atomic mass is 16.5. The number of hydrogen-bond donors (Lipinski definition) is 0. The maximum atomic E-state index is 11.8. The van der Waals surface area contributed by atoms with Crippen LogP contribution in [0.15, 0.2) is 0 Å². The molecule has 0 saturated carbocycles. The van der Waals surface area contributed by atoms with E-state index in [2.05, 4.69) is 9.88 Å². The summed E-state index contributed by atoms with van der Waals surface area (Å²) in [6.07, 6.45) is 6.46. The zero-order valence-corrected chi connectivity index (χ0v) is 12.9. The topological polar surface area (TPSA) is 55.3 Å². The van der Waals surface area contributed by atoms with Crippen LogP contribution in [0.5, 0.6) is 0 Å². The van der Waals surface area contributed by atoms with Crippen LogP contribution in [0.3, 0.4) is 0 Å². The highest BCUT2D eigenvalue weighted by Gasteiger charge is 2.29. The highest BCUT2D eigenvalue weighted by molar-refractivity contribution is 5.73. The van der Waals surface area contributed by atoms with Crippen LogP contribution in [0, 0.1) is 12.8 Å². The van der Waals surface area contributed by atoms with Gasteiger partial charge in [0.15, 0.2) is 0 Å². The summed E-state index contributed by atoms with van der Waals surface area (Å²) < 4.78 is 4.91. The lowest BCUT2D eigenvalue weighted by atomic mass is 9.94. The van der Waals surface area contributed by atoms with Gasteiger partial charge in [-0.15, -0.1) is 0 Å². The molecule has 0 unspecified atom stereocenters. The standard InChI is InChI=1S/C16H23N3O2/c1-11-17-14-8-4-3-7-13(14)15(18-11)19-9-5-6-12(10-19)16(20)21-2/h12H,3-10H2,1-2H3/t12-/m0/s1. The van der Waals surface area contributed by atoms with Gasteiger partial charge in [0.1, 0.15) is 11.6 Å². The molecule has 0 spiro atoms. The molecule has 3 rings (SSSR count). The number of rotatable bonds is 2. The van der Waals surface area contributed by atoms with E-state index in [-0.39, 0.29) is 11.9 Å². The van der Waals surface area contributed by atoms with Gasteiger partial charge in [-0.1, -0.05) is 0 Å². The average Bonchev–Trinajstić information content (AvgIpc) is 2.53. The van der Waals surface area contributed by atoms with E-state index in [9.17, 15) is 4.79 Å². The molecule has 114 valence electrons. The van der Waals surface area contributed by atoms with E-state index in [4.69, 9.17) is 9.72 Å². The van der Waals surface area contributed by atoms with Crippen molar-refractivity contribution in [1.29, 1.82) is 0 Å². The van der Waals surface area contributed by atoms with Gasteiger partial charge in [-0.3, -0.25) is 4.79 Å². The molecule has 1 aliphatic heterocycles. The first-order chi connectivity index (χ1) is 10.2. The third-order valence-corrected chi connectivity index (χ3v) is 4.53. The lowest BCUT2D eigenvalue weighted by molar-refractivity contribution is -0.145. The lowest BCUT2D eigenvalue weighted by Gasteiger charge is -2.34. The second kappa shape index (κ2) is 6.00. The minimum atomic E-state index is -0.0978. The van der Waals surface area contributed by atoms with Gasteiger partial charge >= 0.3 is 5.97 Å². The maximum absolute atomic E-state index is 11.8. The van der Waals surface area contributed by atoms with Crippen molar-refractivity contribution in [2.75, 3.05) is 25.1 Å². The molecule has 5 nitrogen and oxygen atoms in total. The molecule has 2 aliphatic rings. The molecule has 1 aromatic rings. The molecular formula is C16H23N3O2. The molecule has 21 heavy (non-hydrogen) atoms. The van der Waals surface area contributed by atoms with Crippen LogP contribution < -0.4 is 4.90 Å². The molecule has 1 aromatic heterocycles. The van der Waals surface area contributed by atoms with Crippen LogP contribution in [0.25, 0.3) is 0 Å². The molecule has 1 saturated heterocycles. The Morgan fingerprint density at radius 1 is 1.24 bits per heavy atom.